The average molecular weight is 368 g/mol. The molecule has 2 heterocycles. The van der Waals surface area contributed by atoms with Crippen LogP contribution in [0.25, 0.3) is 0 Å². The van der Waals surface area contributed by atoms with Crippen molar-refractivity contribution in [2.45, 2.75) is 25.6 Å². The van der Waals surface area contributed by atoms with E-state index in [0.717, 1.165) is 18.5 Å². The van der Waals surface area contributed by atoms with Crippen LogP contribution >= 0.6 is 0 Å². The van der Waals surface area contributed by atoms with Crippen LogP contribution < -0.4 is 19.5 Å². The number of hydrogen-bond donors (Lipinski definition) is 1. The Bertz CT molecular complexity index is 852. The fourth-order valence-electron chi connectivity index (χ4n) is 3.69. The minimum Gasteiger partial charge on any atom is -0.496 e. The van der Waals surface area contributed by atoms with Gasteiger partial charge in [-0.05, 0) is 30.7 Å². The maximum atomic E-state index is 12.8. The summed E-state index contributed by atoms with van der Waals surface area (Å²) in [5, 5.41) is 3.05. The van der Waals surface area contributed by atoms with Gasteiger partial charge in [-0.25, -0.2) is 0 Å². The van der Waals surface area contributed by atoms with Crippen LogP contribution in [0.3, 0.4) is 0 Å². The largest absolute Gasteiger partial charge is 0.496 e. The Labute approximate surface area is 159 Å². The maximum Gasteiger partial charge on any atom is 0.237 e. The molecule has 2 aromatic rings. The number of methoxy groups -OCH3 is 1. The third kappa shape index (κ3) is 3.57. The zero-order valence-corrected chi connectivity index (χ0v) is 15.7. The number of rotatable bonds is 4. The Morgan fingerprint density at radius 1 is 1.19 bits per heavy atom. The first kappa shape index (κ1) is 17.7. The summed E-state index contributed by atoms with van der Waals surface area (Å²) in [5.41, 5.74) is 3.40. The van der Waals surface area contributed by atoms with E-state index in [4.69, 9.17) is 14.2 Å². The quantitative estimate of drug-likeness (QED) is 0.896. The molecule has 0 saturated heterocycles. The van der Waals surface area contributed by atoms with Gasteiger partial charge in [0, 0.05) is 24.7 Å². The van der Waals surface area contributed by atoms with Crippen LogP contribution in [0.1, 0.15) is 16.7 Å². The Morgan fingerprint density at radius 2 is 1.89 bits per heavy atom. The van der Waals surface area contributed by atoms with Crippen molar-refractivity contribution in [3.8, 4) is 17.2 Å². The standard InChI is InChI=1S/C21H24N2O4/c1-23-13-15-6-4-3-5-14(15)9-17(23)21(24)22-12-16-10-19-20(11-18(16)25-2)27-8-7-26-19/h3-6,10-11,17H,7-9,12-13H2,1-2H3,(H,22,24). The van der Waals surface area contributed by atoms with Crippen molar-refractivity contribution in [1.82, 2.24) is 10.2 Å². The third-order valence-corrected chi connectivity index (χ3v) is 5.18. The fraction of sp³-hybridized carbons (Fsp3) is 0.381. The van der Waals surface area contributed by atoms with Crippen molar-refractivity contribution in [1.29, 1.82) is 0 Å². The molecule has 0 radical (unpaired) electrons. The van der Waals surface area contributed by atoms with Crippen LogP contribution in [0.5, 0.6) is 17.2 Å². The summed E-state index contributed by atoms with van der Waals surface area (Å²) in [6.07, 6.45) is 0.719. The number of nitrogens with zero attached hydrogens (tertiary/aromatic N) is 1. The Kier molecular flexibility index (Phi) is 4.90. The number of carbonyl (C=O) groups excluding carboxylic acids is 1. The fourth-order valence-corrected chi connectivity index (χ4v) is 3.69. The summed E-state index contributed by atoms with van der Waals surface area (Å²) in [6, 6.07) is 11.8. The highest BCUT2D eigenvalue weighted by atomic mass is 16.6. The van der Waals surface area contributed by atoms with Crippen LogP contribution in [-0.4, -0.2) is 44.2 Å². The Morgan fingerprint density at radius 3 is 2.63 bits per heavy atom. The first-order chi connectivity index (χ1) is 13.2. The molecule has 2 aromatic carbocycles. The van der Waals surface area contributed by atoms with Gasteiger partial charge in [0.25, 0.3) is 0 Å². The van der Waals surface area contributed by atoms with Crippen molar-refractivity contribution < 1.29 is 19.0 Å². The highest BCUT2D eigenvalue weighted by Gasteiger charge is 2.29. The van der Waals surface area contributed by atoms with Gasteiger partial charge in [0.05, 0.1) is 13.2 Å². The first-order valence-electron chi connectivity index (χ1n) is 9.17. The van der Waals surface area contributed by atoms with Crippen LogP contribution in [0, 0.1) is 0 Å². The molecule has 4 rings (SSSR count). The van der Waals surface area contributed by atoms with Crippen molar-refractivity contribution >= 4 is 5.91 Å². The number of nitrogens with one attached hydrogen (secondary N) is 1. The summed E-state index contributed by atoms with van der Waals surface area (Å²) in [5.74, 6) is 2.07. The molecule has 0 saturated carbocycles. The average Bonchev–Trinajstić information content (AvgIpc) is 2.70. The summed E-state index contributed by atoms with van der Waals surface area (Å²) >= 11 is 0. The number of fused-ring (bicyclic) bond motifs is 2. The number of amides is 1. The molecule has 0 spiro atoms. The smallest absolute Gasteiger partial charge is 0.237 e. The molecule has 27 heavy (non-hydrogen) atoms. The van der Waals surface area contributed by atoms with E-state index in [-0.39, 0.29) is 11.9 Å². The number of benzene rings is 2. The van der Waals surface area contributed by atoms with Gasteiger partial charge in [-0.1, -0.05) is 24.3 Å². The highest BCUT2D eigenvalue weighted by molar-refractivity contribution is 5.82. The summed E-state index contributed by atoms with van der Waals surface area (Å²) in [4.78, 5) is 14.9. The monoisotopic (exact) mass is 368 g/mol. The van der Waals surface area contributed by atoms with E-state index in [2.05, 4.69) is 22.3 Å². The third-order valence-electron chi connectivity index (χ3n) is 5.18. The molecule has 1 amide bonds. The van der Waals surface area contributed by atoms with Crippen LogP contribution in [-0.2, 0) is 24.3 Å². The molecule has 0 aliphatic carbocycles. The van der Waals surface area contributed by atoms with Crippen molar-refractivity contribution in [3.05, 3.63) is 53.1 Å². The lowest BCUT2D eigenvalue weighted by atomic mass is 9.94. The number of ether oxygens (including phenoxy) is 3. The van der Waals surface area contributed by atoms with Crippen molar-refractivity contribution in [3.63, 3.8) is 0 Å². The number of hydrogen-bond acceptors (Lipinski definition) is 5. The van der Waals surface area contributed by atoms with E-state index in [9.17, 15) is 4.79 Å². The topological polar surface area (TPSA) is 60.0 Å². The van der Waals surface area contributed by atoms with Gasteiger partial charge in [-0.2, -0.15) is 0 Å². The van der Waals surface area contributed by atoms with E-state index in [0.29, 0.717) is 37.0 Å². The summed E-state index contributed by atoms with van der Waals surface area (Å²) < 4.78 is 16.7. The van der Waals surface area contributed by atoms with Gasteiger partial charge in [-0.15, -0.1) is 0 Å². The van der Waals surface area contributed by atoms with Crippen molar-refractivity contribution in [2.24, 2.45) is 0 Å². The minimum absolute atomic E-state index is 0.0175. The maximum absolute atomic E-state index is 12.8. The Balaban J connectivity index is 1.46. The molecular weight excluding hydrogens is 344 g/mol. The highest BCUT2D eigenvalue weighted by Crippen LogP contribution is 2.36. The molecule has 1 unspecified atom stereocenters. The summed E-state index contributed by atoms with van der Waals surface area (Å²) in [6.45, 7) is 2.21. The lowest BCUT2D eigenvalue weighted by molar-refractivity contribution is -0.126. The van der Waals surface area contributed by atoms with E-state index in [1.165, 1.54) is 11.1 Å². The van der Waals surface area contributed by atoms with Crippen LogP contribution in [0.15, 0.2) is 36.4 Å². The normalized spacial score (nSPS) is 18.5. The van der Waals surface area contributed by atoms with Gasteiger partial charge in [-0.3, -0.25) is 9.69 Å². The summed E-state index contributed by atoms with van der Waals surface area (Å²) in [7, 11) is 3.60. The molecule has 1 atom stereocenters. The van der Waals surface area contributed by atoms with Crippen LogP contribution in [0.2, 0.25) is 0 Å². The molecule has 1 N–H and O–H groups in total. The first-order valence-corrected chi connectivity index (χ1v) is 9.17. The van der Waals surface area contributed by atoms with E-state index in [1.54, 1.807) is 7.11 Å². The Hall–Kier alpha value is -2.73. The van der Waals surface area contributed by atoms with Gasteiger partial charge < -0.3 is 19.5 Å². The molecule has 0 aromatic heterocycles. The van der Waals surface area contributed by atoms with E-state index in [1.807, 2.05) is 31.3 Å². The van der Waals surface area contributed by atoms with Crippen LogP contribution in [0.4, 0.5) is 0 Å². The zero-order valence-electron chi connectivity index (χ0n) is 15.7. The zero-order chi connectivity index (χ0) is 18.8. The molecule has 0 bridgehead atoms. The van der Waals surface area contributed by atoms with Gasteiger partial charge >= 0.3 is 0 Å². The predicted octanol–water partition coefficient (Wildman–Crippen LogP) is 2.14. The second-order valence-corrected chi connectivity index (χ2v) is 6.93. The van der Waals surface area contributed by atoms with E-state index >= 15 is 0 Å². The molecule has 0 fully saturated rings. The van der Waals surface area contributed by atoms with Gasteiger partial charge in [0.15, 0.2) is 11.5 Å². The molecule has 142 valence electrons. The lowest BCUT2D eigenvalue weighted by Gasteiger charge is -2.33. The van der Waals surface area contributed by atoms with Gasteiger partial charge in [0.1, 0.15) is 19.0 Å². The second kappa shape index (κ2) is 7.48. The molecule has 6 heteroatoms. The molecule has 2 aliphatic heterocycles. The second-order valence-electron chi connectivity index (χ2n) is 6.93. The minimum atomic E-state index is -0.178. The number of carbonyl (C=O) groups is 1. The number of likely N-dealkylation sites (N-methyl/N-ethyl adjacent to an activating group) is 1. The molecule has 6 nitrogen and oxygen atoms in total. The van der Waals surface area contributed by atoms with Gasteiger partial charge in [0.2, 0.25) is 5.91 Å². The lowest BCUT2D eigenvalue weighted by Crippen LogP contribution is -2.48. The predicted molar refractivity (Wildman–Crippen MR) is 101 cm³/mol. The molecular formula is C21H24N2O4. The molecule has 2 aliphatic rings. The SMILES string of the molecule is COc1cc2c(cc1CNC(=O)C1Cc3ccccc3CN1C)OCCO2. The van der Waals surface area contributed by atoms with Crippen molar-refractivity contribution in [2.75, 3.05) is 27.4 Å². The van der Waals surface area contributed by atoms with E-state index < -0.39 is 0 Å².